The molecule has 1 aromatic carbocycles. The standard InChI is InChI=1S/C19H21N3O2S/c23-18-15-5-3-7-21(15)19(24)16-9-13(11-22(16)18)20-10-14-8-12-4-1-2-6-17(12)25-14/h1-2,4,6,8,13,15-16,20H,3,5,7,9-11H2/t13-,15-,16-/m0/s1. The van der Waals surface area contributed by atoms with Crippen molar-refractivity contribution in [3.05, 3.63) is 35.2 Å². The summed E-state index contributed by atoms with van der Waals surface area (Å²) in [5.41, 5.74) is 0. The molecule has 3 saturated heterocycles. The summed E-state index contributed by atoms with van der Waals surface area (Å²) in [7, 11) is 0. The average Bonchev–Trinajstić information content (AvgIpc) is 3.34. The number of thiophene rings is 1. The van der Waals surface area contributed by atoms with Crippen molar-refractivity contribution in [1.29, 1.82) is 0 Å². The zero-order valence-electron chi connectivity index (χ0n) is 14.0. The molecule has 0 spiro atoms. The fourth-order valence-electron chi connectivity index (χ4n) is 4.50. The van der Waals surface area contributed by atoms with E-state index in [1.165, 1.54) is 15.0 Å². The molecule has 3 fully saturated rings. The quantitative estimate of drug-likeness (QED) is 0.916. The molecule has 4 heterocycles. The molecule has 0 radical (unpaired) electrons. The molecular formula is C19H21N3O2S. The number of carbonyl (C=O) groups excluding carboxylic acids is 2. The number of hydrogen-bond donors (Lipinski definition) is 1. The molecule has 130 valence electrons. The molecule has 25 heavy (non-hydrogen) atoms. The summed E-state index contributed by atoms with van der Waals surface area (Å²) in [6.45, 7) is 2.20. The molecule has 2 aromatic rings. The van der Waals surface area contributed by atoms with E-state index in [0.29, 0.717) is 6.54 Å². The molecule has 5 nitrogen and oxygen atoms in total. The highest BCUT2D eigenvalue weighted by Gasteiger charge is 2.51. The second kappa shape index (κ2) is 5.81. The Morgan fingerprint density at radius 1 is 1.12 bits per heavy atom. The van der Waals surface area contributed by atoms with E-state index in [4.69, 9.17) is 0 Å². The molecule has 3 atom stereocenters. The lowest BCUT2D eigenvalue weighted by Gasteiger charge is -2.38. The molecule has 5 rings (SSSR count). The van der Waals surface area contributed by atoms with Crippen LogP contribution in [0.2, 0.25) is 0 Å². The zero-order chi connectivity index (χ0) is 17.0. The van der Waals surface area contributed by atoms with Crippen molar-refractivity contribution in [2.45, 2.75) is 43.9 Å². The van der Waals surface area contributed by atoms with Crippen LogP contribution in [0.15, 0.2) is 30.3 Å². The molecule has 2 amide bonds. The van der Waals surface area contributed by atoms with Gasteiger partial charge in [0.15, 0.2) is 0 Å². The molecule has 1 N–H and O–H groups in total. The van der Waals surface area contributed by atoms with Gasteiger partial charge in [-0.15, -0.1) is 11.3 Å². The van der Waals surface area contributed by atoms with Gasteiger partial charge in [0.25, 0.3) is 0 Å². The van der Waals surface area contributed by atoms with E-state index in [1.807, 2.05) is 9.80 Å². The van der Waals surface area contributed by atoms with Gasteiger partial charge in [-0.25, -0.2) is 0 Å². The van der Waals surface area contributed by atoms with Crippen molar-refractivity contribution in [2.75, 3.05) is 13.1 Å². The second-order valence-electron chi connectivity index (χ2n) is 7.26. The van der Waals surface area contributed by atoms with Crippen molar-refractivity contribution in [2.24, 2.45) is 0 Å². The van der Waals surface area contributed by atoms with Crippen molar-refractivity contribution < 1.29 is 9.59 Å². The number of piperazine rings is 1. The maximum atomic E-state index is 12.7. The Hall–Kier alpha value is -1.92. The predicted molar refractivity (Wildman–Crippen MR) is 97.3 cm³/mol. The molecule has 0 unspecified atom stereocenters. The molecule has 1 aromatic heterocycles. The van der Waals surface area contributed by atoms with Gasteiger partial charge in [0.1, 0.15) is 12.1 Å². The molecule has 0 bridgehead atoms. The number of rotatable bonds is 3. The first-order valence-electron chi connectivity index (χ1n) is 9.02. The summed E-state index contributed by atoms with van der Waals surface area (Å²) in [5.74, 6) is 0.321. The molecule has 3 aliphatic rings. The SMILES string of the molecule is O=C1[C@@H]2C[C@H](NCc3cc4ccccc4s3)CN2C(=O)[C@@H]2CCCN12. The third-order valence-electron chi connectivity index (χ3n) is 5.73. The Bertz CT molecular complexity index is 785. The van der Waals surface area contributed by atoms with Gasteiger partial charge in [0.2, 0.25) is 11.8 Å². The van der Waals surface area contributed by atoms with Crippen LogP contribution in [0.1, 0.15) is 24.1 Å². The van der Waals surface area contributed by atoms with Crippen LogP contribution in [0, 0.1) is 0 Å². The normalized spacial score (nSPS) is 28.7. The summed E-state index contributed by atoms with van der Waals surface area (Å²) < 4.78 is 1.30. The largest absolute Gasteiger partial charge is 0.329 e. The van der Waals surface area contributed by atoms with Gasteiger partial charge in [0.05, 0.1) is 0 Å². The van der Waals surface area contributed by atoms with Crippen molar-refractivity contribution in [3.8, 4) is 0 Å². The number of nitrogens with one attached hydrogen (secondary N) is 1. The van der Waals surface area contributed by atoms with Crippen LogP contribution >= 0.6 is 11.3 Å². The Morgan fingerprint density at radius 3 is 2.84 bits per heavy atom. The van der Waals surface area contributed by atoms with Crippen molar-refractivity contribution in [1.82, 2.24) is 15.1 Å². The third kappa shape index (κ3) is 2.47. The fraction of sp³-hybridized carbons (Fsp3) is 0.474. The van der Waals surface area contributed by atoms with E-state index in [1.54, 1.807) is 11.3 Å². The van der Waals surface area contributed by atoms with Gasteiger partial charge < -0.3 is 15.1 Å². The van der Waals surface area contributed by atoms with E-state index in [0.717, 1.165) is 32.4 Å². The fourth-order valence-corrected chi connectivity index (χ4v) is 5.52. The van der Waals surface area contributed by atoms with Crippen LogP contribution in [0.25, 0.3) is 10.1 Å². The second-order valence-corrected chi connectivity index (χ2v) is 8.43. The smallest absolute Gasteiger partial charge is 0.246 e. The highest BCUT2D eigenvalue weighted by atomic mass is 32.1. The molecule has 0 aliphatic carbocycles. The number of benzene rings is 1. The van der Waals surface area contributed by atoms with Gasteiger partial charge in [-0.3, -0.25) is 9.59 Å². The maximum Gasteiger partial charge on any atom is 0.246 e. The third-order valence-corrected chi connectivity index (χ3v) is 6.85. The number of hydrogen-bond acceptors (Lipinski definition) is 4. The lowest BCUT2D eigenvalue weighted by Crippen LogP contribution is -2.60. The minimum absolute atomic E-state index is 0.160. The van der Waals surface area contributed by atoms with Crippen LogP contribution < -0.4 is 5.32 Å². The highest BCUT2D eigenvalue weighted by molar-refractivity contribution is 7.19. The molecule has 3 aliphatic heterocycles. The summed E-state index contributed by atoms with van der Waals surface area (Å²) in [5, 5.41) is 4.84. The first kappa shape index (κ1) is 15.3. The van der Waals surface area contributed by atoms with Crippen LogP contribution in [-0.2, 0) is 16.1 Å². The predicted octanol–water partition coefficient (Wildman–Crippen LogP) is 1.96. The highest BCUT2D eigenvalue weighted by Crippen LogP contribution is 2.32. The monoisotopic (exact) mass is 355 g/mol. The number of nitrogens with zero attached hydrogens (tertiary/aromatic N) is 2. The lowest BCUT2D eigenvalue weighted by molar-refractivity contribution is -0.156. The Kier molecular flexibility index (Phi) is 3.57. The Morgan fingerprint density at radius 2 is 1.96 bits per heavy atom. The van der Waals surface area contributed by atoms with Gasteiger partial charge in [-0.2, -0.15) is 0 Å². The first-order valence-corrected chi connectivity index (χ1v) is 9.84. The van der Waals surface area contributed by atoms with Gasteiger partial charge >= 0.3 is 0 Å². The number of fused-ring (bicyclic) bond motifs is 3. The average molecular weight is 355 g/mol. The van der Waals surface area contributed by atoms with Crippen LogP contribution in [0.5, 0.6) is 0 Å². The van der Waals surface area contributed by atoms with Gasteiger partial charge in [0, 0.05) is 35.3 Å². The summed E-state index contributed by atoms with van der Waals surface area (Å²) in [6, 6.07) is 10.4. The van der Waals surface area contributed by atoms with Crippen LogP contribution in [0.3, 0.4) is 0 Å². The Balaban J connectivity index is 1.27. The minimum Gasteiger partial charge on any atom is -0.329 e. The maximum absolute atomic E-state index is 12.7. The lowest BCUT2D eigenvalue weighted by atomic mass is 10.1. The molecule has 6 heteroatoms. The molecule has 0 saturated carbocycles. The van der Waals surface area contributed by atoms with E-state index in [9.17, 15) is 9.59 Å². The van der Waals surface area contributed by atoms with E-state index < -0.39 is 0 Å². The van der Waals surface area contributed by atoms with Gasteiger partial charge in [-0.1, -0.05) is 18.2 Å². The van der Waals surface area contributed by atoms with Crippen molar-refractivity contribution in [3.63, 3.8) is 0 Å². The molecular weight excluding hydrogens is 334 g/mol. The van der Waals surface area contributed by atoms with E-state index in [-0.39, 0.29) is 29.9 Å². The minimum atomic E-state index is -0.248. The summed E-state index contributed by atoms with van der Waals surface area (Å²) in [6.07, 6.45) is 2.52. The number of carbonyl (C=O) groups is 2. The summed E-state index contributed by atoms with van der Waals surface area (Å²) >= 11 is 1.80. The number of amides is 2. The van der Waals surface area contributed by atoms with E-state index in [2.05, 4.69) is 35.6 Å². The Labute approximate surface area is 150 Å². The van der Waals surface area contributed by atoms with Gasteiger partial charge in [-0.05, 0) is 36.8 Å². The summed E-state index contributed by atoms with van der Waals surface area (Å²) in [4.78, 5) is 30.3. The van der Waals surface area contributed by atoms with Crippen LogP contribution in [0.4, 0.5) is 0 Å². The van der Waals surface area contributed by atoms with E-state index >= 15 is 0 Å². The topological polar surface area (TPSA) is 52.7 Å². The van der Waals surface area contributed by atoms with Crippen molar-refractivity contribution >= 4 is 33.2 Å². The first-order chi connectivity index (χ1) is 12.2. The van der Waals surface area contributed by atoms with Crippen LogP contribution in [-0.4, -0.2) is 52.8 Å². The zero-order valence-corrected chi connectivity index (χ0v) is 14.8.